The second-order valence-corrected chi connectivity index (χ2v) is 7.82. The minimum atomic E-state index is 0.533. The first kappa shape index (κ1) is 23.7. The Hall–Kier alpha value is -2.56. The van der Waals surface area contributed by atoms with Gasteiger partial charge < -0.3 is 21.5 Å². The number of nitrogens with one attached hydrogen (secondary N) is 1. The molecule has 0 spiro atoms. The van der Waals surface area contributed by atoms with Gasteiger partial charge in [0.25, 0.3) is 0 Å². The van der Waals surface area contributed by atoms with E-state index in [1.165, 1.54) is 18.4 Å². The first-order valence-corrected chi connectivity index (χ1v) is 10.9. The predicted molar refractivity (Wildman–Crippen MR) is 128 cm³/mol. The van der Waals surface area contributed by atoms with Gasteiger partial charge in [0.05, 0.1) is 6.61 Å². The fraction of sp³-hybridized carbons (Fsp3) is 0.385. The normalized spacial score (nSPS) is 17.1. The molecule has 0 saturated carbocycles. The lowest BCUT2D eigenvalue weighted by Crippen LogP contribution is -2.26. The van der Waals surface area contributed by atoms with Crippen LogP contribution in [-0.4, -0.2) is 25.8 Å². The standard InChI is InChI=1S/C19H29N3O.C7H8/c1-15(20)13-17(19(21)16-7-3-2-4-8-16)9-6-12-23-14-18-10-5-11-22-18;1-7-5-3-2-4-6-7/h2-4,7-8,13,18,22H,5-6,9-12,14,20-21H2,1H3;2-6H,1H3/b15-13-,19-17-;. The highest BCUT2D eigenvalue weighted by Gasteiger charge is 2.13. The van der Waals surface area contributed by atoms with Gasteiger partial charge in [0, 0.05) is 24.0 Å². The Bertz CT molecular complexity index is 774. The third kappa shape index (κ3) is 9.29. The number of nitrogens with two attached hydrogens (primary N) is 2. The number of aryl methyl sites for hydroxylation is 1. The molecule has 4 heteroatoms. The zero-order chi connectivity index (χ0) is 21.6. The Morgan fingerprint density at radius 1 is 1.07 bits per heavy atom. The molecule has 0 radical (unpaired) electrons. The molecule has 0 amide bonds. The minimum absolute atomic E-state index is 0.533. The SMILES string of the molecule is C/C(N)=C/C(CCCOCC1CCCN1)=C(\N)c1ccccc1.Cc1ccccc1. The van der Waals surface area contributed by atoms with Gasteiger partial charge >= 0.3 is 0 Å². The number of benzene rings is 2. The zero-order valence-electron chi connectivity index (χ0n) is 18.4. The molecule has 2 aromatic carbocycles. The maximum Gasteiger partial charge on any atom is 0.0619 e. The summed E-state index contributed by atoms with van der Waals surface area (Å²) in [6, 6.07) is 20.8. The summed E-state index contributed by atoms with van der Waals surface area (Å²) in [5.41, 5.74) is 17.2. The maximum absolute atomic E-state index is 6.33. The quantitative estimate of drug-likeness (QED) is 0.436. The third-order valence-electron chi connectivity index (χ3n) is 4.99. The topological polar surface area (TPSA) is 73.3 Å². The molecule has 4 nitrogen and oxygen atoms in total. The van der Waals surface area contributed by atoms with Crippen molar-refractivity contribution in [3.8, 4) is 0 Å². The molecule has 1 unspecified atom stereocenters. The van der Waals surface area contributed by atoms with Gasteiger partial charge in [-0.15, -0.1) is 0 Å². The van der Waals surface area contributed by atoms with Gasteiger partial charge in [0.2, 0.25) is 0 Å². The summed E-state index contributed by atoms with van der Waals surface area (Å²) in [7, 11) is 0. The van der Waals surface area contributed by atoms with Crippen molar-refractivity contribution in [2.75, 3.05) is 19.8 Å². The molecule has 1 saturated heterocycles. The number of hydrogen-bond acceptors (Lipinski definition) is 4. The molecular formula is C26H37N3O. The minimum Gasteiger partial charge on any atom is -0.402 e. The van der Waals surface area contributed by atoms with Gasteiger partial charge in [-0.3, -0.25) is 0 Å². The van der Waals surface area contributed by atoms with Crippen LogP contribution in [0.4, 0.5) is 0 Å². The van der Waals surface area contributed by atoms with E-state index >= 15 is 0 Å². The zero-order valence-corrected chi connectivity index (χ0v) is 18.4. The van der Waals surface area contributed by atoms with Crippen molar-refractivity contribution in [1.29, 1.82) is 0 Å². The van der Waals surface area contributed by atoms with Crippen molar-refractivity contribution in [1.82, 2.24) is 5.32 Å². The highest BCUT2D eigenvalue weighted by Crippen LogP contribution is 2.19. The van der Waals surface area contributed by atoms with Crippen molar-refractivity contribution >= 4 is 5.70 Å². The summed E-state index contributed by atoms with van der Waals surface area (Å²) < 4.78 is 5.78. The number of ether oxygens (including phenoxy) is 1. The number of hydrogen-bond donors (Lipinski definition) is 3. The smallest absolute Gasteiger partial charge is 0.0619 e. The van der Waals surface area contributed by atoms with Crippen molar-refractivity contribution in [3.63, 3.8) is 0 Å². The second-order valence-electron chi connectivity index (χ2n) is 7.82. The molecule has 162 valence electrons. The predicted octanol–water partition coefficient (Wildman–Crippen LogP) is 4.76. The highest BCUT2D eigenvalue weighted by molar-refractivity contribution is 5.68. The first-order valence-electron chi connectivity index (χ1n) is 10.9. The average Bonchev–Trinajstić information content (AvgIpc) is 3.27. The van der Waals surface area contributed by atoms with Crippen LogP contribution in [0.3, 0.4) is 0 Å². The molecule has 1 aliphatic rings. The van der Waals surface area contributed by atoms with Crippen LogP contribution in [0.15, 0.2) is 78.0 Å². The van der Waals surface area contributed by atoms with Gasteiger partial charge in [0.15, 0.2) is 0 Å². The van der Waals surface area contributed by atoms with E-state index in [-0.39, 0.29) is 0 Å². The average molecular weight is 408 g/mol. The van der Waals surface area contributed by atoms with Gasteiger partial charge in [0.1, 0.15) is 0 Å². The van der Waals surface area contributed by atoms with Gasteiger partial charge in [-0.2, -0.15) is 0 Å². The van der Waals surface area contributed by atoms with Crippen LogP contribution in [0.5, 0.6) is 0 Å². The van der Waals surface area contributed by atoms with Crippen molar-refractivity contribution in [2.24, 2.45) is 11.5 Å². The molecular weight excluding hydrogens is 370 g/mol. The van der Waals surface area contributed by atoms with Gasteiger partial charge in [-0.05, 0) is 63.3 Å². The lowest BCUT2D eigenvalue weighted by molar-refractivity contribution is 0.114. The van der Waals surface area contributed by atoms with E-state index in [1.807, 2.05) is 61.5 Å². The third-order valence-corrected chi connectivity index (χ3v) is 4.99. The van der Waals surface area contributed by atoms with Crippen LogP contribution in [0, 0.1) is 6.92 Å². The number of rotatable bonds is 8. The Kier molecular flexibility index (Phi) is 10.8. The van der Waals surface area contributed by atoms with Crippen LogP contribution in [0.25, 0.3) is 5.70 Å². The largest absolute Gasteiger partial charge is 0.402 e. The van der Waals surface area contributed by atoms with Crippen molar-refractivity contribution in [3.05, 3.63) is 89.1 Å². The van der Waals surface area contributed by atoms with Crippen LogP contribution in [0.1, 0.15) is 43.7 Å². The van der Waals surface area contributed by atoms with E-state index in [0.29, 0.717) is 6.04 Å². The van der Waals surface area contributed by atoms with E-state index < -0.39 is 0 Å². The molecule has 0 aliphatic carbocycles. The van der Waals surface area contributed by atoms with Crippen molar-refractivity contribution in [2.45, 2.75) is 45.6 Å². The van der Waals surface area contributed by atoms with Crippen molar-refractivity contribution < 1.29 is 4.74 Å². The number of allylic oxidation sites excluding steroid dienone is 3. The first-order chi connectivity index (χ1) is 14.6. The van der Waals surface area contributed by atoms with Crippen LogP contribution in [0.2, 0.25) is 0 Å². The highest BCUT2D eigenvalue weighted by atomic mass is 16.5. The Morgan fingerprint density at radius 2 is 1.73 bits per heavy atom. The molecule has 5 N–H and O–H groups in total. The van der Waals surface area contributed by atoms with Gasteiger partial charge in [-0.25, -0.2) is 0 Å². The fourth-order valence-corrected chi connectivity index (χ4v) is 3.39. The van der Waals surface area contributed by atoms with Crippen LogP contribution in [-0.2, 0) is 4.74 Å². The van der Waals surface area contributed by atoms with E-state index in [4.69, 9.17) is 16.2 Å². The summed E-state index contributed by atoms with van der Waals surface area (Å²) in [6.07, 6.45) is 6.27. The molecule has 1 atom stereocenters. The lowest BCUT2D eigenvalue weighted by Gasteiger charge is -2.12. The Morgan fingerprint density at radius 3 is 2.27 bits per heavy atom. The summed E-state index contributed by atoms with van der Waals surface area (Å²) >= 11 is 0. The Balaban J connectivity index is 0.000000386. The van der Waals surface area contributed by atoms with E-state index in [2.05, 4.69) is 24.4 Å². The summed E-state index contributed by atoms with van der Waals surface area (Å²) in [5.74, 6) is 0. The van der Waals surface area contributed by atoms with E-state index in [9.17, 15) is 0 Å². The molecule has 1 heterocycles. The van der Waals surface area contributed by atoms with E-state index in [0.717, 1.165) is 55.1 Å². The van der Waals surface area contributed by atoms with Crippen LogP contribution >= 0.6 is 0 Å². The molecule has 0 bridgehead atoms. The molecule has 0 aromatic heterocycles. The summed E-state index contributed by atoms with van der Waals surface area (Å²) in [5, 5.41) is 3.44. The maximum atomic E-state index is 6.33. The molecule has 1 aliphatic heterocycles. The molecule has 1 fully saturated rings. The monoisotopic (exact) mass is 407 g/mol. The second kappa shape index (κ2) is 13.6. The molecule has 3 rings (SSSR count). The van der Waals surface area contributed by atoms with Gasteiger partial charge in [-0.1, -0.05) is 66.2 Å². The fourth-order valence-electron chi connectivity index (χ4n) is 3.39. The summed E-state index contributed by atoms with van der Waals surface area (Å²) in [6.45, 7) is 6.65. The summed E-state index contributed by atoms with van der Waals surface area (Å²) in [4.78, 5) is 0. The molecule has 30 heavy (non-hydrogen) atoms. The lowest BCUT2D eigenvalue weighted by atomic mass is 10.0. The van der Waals surface area contributed by atoms with E-state index in [1.54, 1.807) is 0 Å². The Labute approximate surface area is 182 Å². The molecule has 2 aromatic rings. The van der Waals surface area contributed by atoms with Crippen LogP contribution < -0.4 is 16.8 Å².